The van der Waals surface area contributed by atoms with E-state index < -0.39 is 46.8 Å². The predicted octanol–water partition coefficient (Wildman–Crippen LogP) is 0.781. The number of hydrogen-bond acceptors (Lipinski definition) is 7. The summed E-state index contributed by atoms with van der Waals surface area (Å²) in [5.41, 5.74) is -0.706. The second kappa shape index (κ2) is 7.89. The van der Waals surface area contributed by atoms with E-state index in [0.717, 1.165) is 0 Å². The van der Waals surface area contributed by atoms with Crippen LogP contribution in [-0.2, 0) is 30.1 Å². The van der Waals surface area contributed by atoms with Crippen molar-refractivity contribution in [2.24, 2.45) is 0 Å². The highest BCUT2D eigenvalue weighted by Crippen LogP contribution is 2.23. The average molecular weight is 336 g/mol. The Morgan fingerprint density at radius 2 is 1.95 bits per heavy atom. The third-order valence-corrected chi connectivity index (χ3v) is 3.37. The van der Waals surface area contributed by atoms with Gasteiger partial charge < -0.3 is 18.8 Å². The minimum absolute atomic E-state index is 0.0753. The number of nitrogens with zero attached hydrogens (tertiary/aromatic N) is 1. The monoisotopic (exact) mass is 336 g/mol. The Kier molecular flexibility index (Phi) is 6.76. The summed E-state index contributed by atoms with van der Waals surface area (Å²) in [7, 11) is 1.25. The van der Waals surface area contributed by atoms with E-state index in [-0.39, 0.29) is 6.54 Å². The Labute approximate surface area is 132 Å². The smallest absolute Gasteiger partial charge is 0.411 e. The molecule has 0 spiro atoms. The normalized spacial score (nSPS) is 23.8. The highest BCUT2D eigenvalue weighted by Gasteiger charge is 2.39. The molecule has 3 unspecified atom stereocenters. The van der Waals surface area contributed by atoms with Crippen LogP contribution in [0, 0.1) is 0 Å². The van der Waals surface area contributed by atoms with Gasteiger partial charge in [0.2, 0.25) is 0 Å². The molecule has 1 rings (SSSR count). The molecule has 1 saturated heterocycles. The minimum atomic E-state index is -2.32. The number of hydrogen-bond donors (Lipinski definition) is 0. The first-order valence-electron chi connectivity index (χ1n) is 6.89. The van der Waals surface area contributed by atoms with E-state index in [1.165, 1.54) is 12.0 Å². The molecular formula is C13H22NO7S-. The van der Waals surface area contributed by atoms with Crippen LogP contribution in [0.3, 0.4) is 0 Å². The lowest BCUT2D eigenvalue weighted by Crippen LogP contribution is -2.54. The van der Waals surface area contributed by atoms with Gasteiger partial charge >= 0.3 is 12.1 Å². The fourth-order valence-corrected chi connectivity index (χ4v) is 2.43. The number of esters is 1. The third-order valence-electron chi connectivity index (χ3n) is 3.04. The molecule has 0 aromatic carbocycles. The largest absolute Gasteiger partial charge is 0.771 e. The summed E-state index contributed by atoms with van der Waals surface area (Å²) in [5.74, 6) is -0.980. The van der Waals surface area contributed by atoms with Crippen molar-refractivity contribution < 1.29 is 32.6 Å². The summed E-state index contributed by atoms with van der Waals surface area (Å²) in [6, 6.07) is -0.752. The van der Waals surface area contributed by atoms with Gasteiger partial charge in [0.1, 0.15) is 17.6 Å². The molecule has 1 fully saturated rings. The molecule has 1 aliphatic heterocycles. The van der Waals surface area contributed by atoms with E-state index in [0.29, 0.717) is 12.8 Å². The molecule has 9 heteroatoms. The summed E-state index contributed by atoms with van der Waals surface area (Å²) in [6.07, 6.45) is -0.344. The van der Waals surface area contributed by atoms with Gasteiger partial charge in [0.05, 0.1) is 19.8 Å². The van der Waals surface area contributed by atoms with Crippen molar-refractivity contribution in [1.82, 2.24) is 4.90 Å². The molecule has 1 aliphatic rings. The van der Waals surface area contributed by atoms with Crippen molar-refractivity contribution in [3.05, 3.63) is 0 Å². The Bertz CT molecular complexity index is 435. The lowest BCUT2D eigenvalue weighted by Gasteiger charge is -2.38. The number of piperidine rings is 1. The van der Waals surface area contributed by atoms with E-state index in [9.17, 15) is 18.4 Å². The number of carbonyl (C=O) groups is 2. The van der Waals surface area contributed by atoms with E-state index in [1.807, 2.05) is 0 Å². The Morgan fingerprint density at radius 3 is 2.45 bits per heavy atom. The van der Waals surface area contributed by atoms with Crippen LogP contribution in [-0.4, -0.2) is 63.1 Å². The van der Waals surface area contributed by atoms with Crippen LogP contribution in [0.5, 0.6) is 0 Å². The van der Waals surface area contributed by atoms with Crippen molar-refractivity contribution in [3.8, 4) is 0 Å². The number of amides is 1. The third kappa shape index (κ3) is 5.90. The van der Waals surface area contributed by atoms with Gasteiger partial charge in [0.25, 0.3) is 0 Å². The molecule has 0 aromatic heterocycles. The number of carbonyl (C=O) groups excluding carboxylic acids is 2. The molecule has 0 aromatic rings. The average Bonchev–Trinajstić information content (AvgIpc) is 2.42. The molecule has 0 radical (unpaired) electrons. The zero-order chi connectivity index (χ0) is 16.9. The van der Waals surface area contributed by atoms with Gasteiger partial charge in [-0.3, -0.25) is 9.11 Å². The van der Waals surface area contributed by atoms with Gasteiger partial charge in [-0.1, -0.05) is 0 Å². The van der Waals surface area contributed by atoms with Crippen LogP contribution >= 0.6 is 0 Å². The fraction of sp³-hybridized carbons (Fsp3) is 0.846. The molecule has 128 valence electrons. The van der Waals surface area contributed by atoms with Crippen LogP contribution in [0.15, 0.2) is 0 Å². The van der Waals surface area contributed by atoms with Gasteiger partial charge in [-0.05, 0) is 44.7 Å². The Morgan fingerprint density at radius 1 is 1.32 bits per heavy atom. The number of likely N-dealkylation sites (tertiary alicyclic amines) is 1. The summed E-state index contributed by atoms with van der Waals surface area (Å²) in [5, 5.41) is 0. The van der Waals surface area contributed by atoms with Gasteiger partial charge in [0, 0.05) is 0 Å². The zero-order valence-corrected chi connectivity index (χ0v) is 14.0. The highest BCUT2D eigenvalue weighted by molar-refractivity contribution is 7.78. The van der Waals surface area contributed by atoms with Crippen LogP contribution < -0.4 is 0 Å². The molecule has 3 atom stereocenters. The van der Waals surface area contributed by atoms with Crippen molar-refractivity contribution in [2.75, 3.05) is 19.6 Å². The maximum Gasteiger partial charge on any atom is 0.411 e. The zero-order valence-electron chi connectivity index (χ0n) is 13.2. The van der Waals surface area contributed by atoms with Crippen LogP contribution in [0.2, 0.25) is 0 Å². The number of ether oxygens (including phenoxy) is 3. The fourth-order valence-electron chi connectivity index (χ4n) is 2.13. The number of methoxy groups -OCH3 is 1. The molecule has 0 aliphatic carbocycles. The van der Waals surface area contributed by atoms with Crippen LogP contribution in [0.25, 0.3) is 0 Å². The van der Waals surface area contributed by atoms with E-state index >= 15 is 0 Å². The van der Waals surface area contributed by atoms with E-state index in [1.54, 1.807) is 20.8 Å². The maximum atomic E-state index is 12.2. The summed E-state index contributed by atoms with van der Waals surface area (Å²) < 4.78 is 36.3. The quantitative estimate of drug-likeness (QED) is 0.552. The van der Waals surface area contributed by atoms with Crippen molar-refractivity contribution >= 4 is 23.1 Å². The molecule has 1 amide bonds. The molecule has 0 bridgehead atoms. The van der Waals surface area contributed by atoms with Crippen LogP contribution in [0.1, 0.15) is 33.6 Å². The maximum absolute atomic E-state index is 12.2. The number of rotatable bonds is 4. The molecule has 8 nitrogen and oxygen atoms in total. The van der Waals surface area contributed by atoms with Gasteiger partial charge in [-0.25, -0.2) is 9.59 Å². The Hall–Kier alpha value is -1.19. The highest BCUT2D eigenvalue weighted by atomic mass is 32.2. The van der Waals surface area contributed by atoms with E-state index in [2.05, 4.69) is 0 Å². The molecule has 0 N–H and O–H groups in total. The Balaban J connectivity index is 2.79. The predicted molar refractivity (Wildman–Crippen MR) is 76.6 cm³/mol. The molecule has 22 heavy (non-hydrogen) atoms. The second-order valence-corrected chi connectivity index (χ2v) is 6.80. The first kappa shape index (κ1) is 18.9. The van der Waals surface area contributed by atoms with Crippen molar-refractivity contribution in [1.29, 1.82) is 0 Å². The van der Waals surface area contributed by atoms with E-state index in [4.69, 9.17) is 14.2 Å². The molecule has 0 saturated carbocycles. The molecular weight excluding hydrogens is 314 g/mol. The lowest BCUT2D eigenvalue weighted by molar-refractivity contribution is -0.150. The van der Waals surface area contributed by atoms with Crippen molar-refractivity contribution in [3.63, 3.8) is 0 Å². The SMILES string of the molecule is COC(=O)C1CCC(OCS(=O)[O-])CN1C(=O)OC(C)(C)C. The topological polar surface area (TPSA) is 105 Å². The summed E-state index contributed by atoms with van der Waals surface area (Å²) in [6.45, 7) is 5.23. The van der Waals surface area contributed by atoms with Gasteiger partial charge in [-0.15, -0.1) is 0 Å². The second-order valence-electron chi connectivity index (χ2n) is 5.96. The van der Waals surface area contributed by atoms with Crippen LogP contribution in [0.4, 0.5) is 4.79 Å². The minimum Gasteiger partial charge on any atom is -0.771 e. The van der Waals surface area contributed by atoms with Gasteiger partial charge in [0.15, 0.2) is 0 Å². The summed E-state index contributed by atoms with van der Waals surface area (Å²) >= 11 is -2.32. The van der Waals surface area contributed by atoms with Crippen molar-refractivity contribution in [2.45, 2.75) is 51.4 Å². The van der Waals surface area contributed by atoms with Gasteiger partial charge in [-0.2, -0.15) is 0 Å². The standard InChI is InChI=1S/C13H23NO7S/c1-13(2,3)21-12(16)14-7-9(20-8-22(17)18)5-6-10(14)11(15)19-4/h9-10H,5-8H2,1-4H3,(H,17,18)/p-1. The summed E-state index contributed by atoms with van der Waals surface area (Å²) in [4.78, 5) is 25.3. The molecule has 1 heterocycles. The first-order chi connectivity index (χ1) is 10.1. The first-order valence-corrected chi connectivity index (χ1v) is 8.13. The lowest BCUT2D eigenvalue weighted by atomic mass is 10.0.